The monoisotopic (exact) mass is 507 g/mol. The van der Waals surface area contributed by atoms with Crippen molar-refractivity contribution in [2.45, 2.75) is 44.7 Å². The first kappa shape index (κ1) is 26.5. The van der Waals surface area contributed by atoms with Gasteiger partial charge in [-0.05, 0) is 41.2 Å². The Labute approximate surface area is 211 Å². The van der Waals surface area contributed by atoms with E-state index >= 15 is 0 Å². The van der Waals surface area contributed by atoms with Gasteiger partial charge in [-0.15, -0.1) is 0 Å². The number of hydrogen-bond donors (Lipinski definition) is 2. The van der Waals surface area contributed by atoms with Crippen molar-refractivity contribution in [3.05, 3.63) is 64.2 Å². The third-order valence-corrected chi connectivity index (χ3v) is 6.91. The number of allylic oxidation sites excluding steroid dienone is 4. The van der Waals surface area contributed by atoms with Crippen molar-refractivity contribution >= 4 is 40.7 Å². The normalized spacial score (nSPS) is 26.8. The second-order valence-electron chi connectivity index (χ2n) is 10.4. The zero-order valence-corrected chi connectivity index (χ0v) is 21.7. The summed E-state index contributed by atoms with van der Waals surface area (Å²) in [4.78, 5) is 28.8. The second-order valence-corrected chi connectivity index (χ2v) is 11.3. The van der Waals surface area contributed by atoms with E-state index in [0.29, 0.717) is 22.7 Å². The maximum atomic E-state index is 13.9. The maximum absolute atomic E-state index is 13.9. The summed E-state index contributed by atoms with van der Waals surface area (Å²) in [6.45, 7) is 9.79. The SMILES string of the molecule is C=C(/C=C\C=C(\Cl)CF)[C@H]1[C@H](C(=O)N(C)C)N[C@H](CC(C)(C)C)[C@]12C(=O)Nc1cc(Cl)ccc12. The highest BCUT2D eigenvalue weighted by atomic mass is 35.5. The van der Waals surface area contributed by atoms with Gasteiger partial charge in [0, 0.05) is 41.8 Å². The fourth-order valence-electron chi connectivity index (χ4n) is 5.16. The number of alkyl halides is 1. The zero-order chi connectivity index (χ0) is 25.4. The molecule has 5 nitrogen and oxygen atoms in total. The van der Waals surface area contributed by atoms with Crippen LogP contribution in [0.3, 0.4) is 0 Å². The Morgan fingerprint density at radius 3 is 2.59 bits per heavy atom. The van der Waals surface area contributed by atoms with E-state index < -0.39 is 24.0 Å². The average Bonchev–Trinajstić information content (AvgIpc) is 3.21. The number of nitrogens with zero attached hydrogens (tertiary/aromatic N) is 1. The maximum Gasteiger partial charge on any atom is 0.239 e. The number of benzene rings is 1. The number of fused-ring (bicyclic) bond motifs is 2. The number of hydrogen-bond acceptors (Lipinski definition) is 3. The summed E-state index contributed by atoms with van der Waals surface area (Å²) in [6.07, 6.45) is 5.38. The van der Waals surface area contributed by atoms with Crippen molar-refractivity contribution in [3.8, 4) is 0 Å². The highest BCUT2D eigenvalue weighted by Gasteiger charge is 2.65. The third-order valence-electron chi connectivity index (χ3n) is 6.44. The minimum atomic E-state index is -1.08. The Bertz CT molecular complexity index is 1060. The molecular weight excluding hydrogens is 476 g/mol. The number of carbonyl (C=O) groups excluding carboxylic acids is 2. The molecule has 0 bridgehead atoms. The first-order valence-electron chi connectivity index (χ1n) is 11.2. The van der Waals surface area contributed by atoms with Crippen LogP contribution >= 0.6 is 23.2 Å². The summed E-state index contributed by atoms with van der Waals surface area (Å²) < 4.78 is 12.8. The largest absolute Gasteiger partial charge is 0.347 e. The predicted octanol–water partition coefficient (Wildman–Crippen LogP) is 5.22. The topological polar surface area (TPSA) is 61.4 Å². The van der Waals surface area contributed by atoms with Gasteiger partial charge in [-0.1, -0.05) is 68.8 Å². The molecule has 3 rings (SSSR count). The smallest absolute Gasteiger partial charge is 0.239 e. The number of halogens is 3. The van der Waals surface area contributed by atoms with E-state index in [0.717, 1.165) is 5.56 Å². The number of carbonyl (C=O) groups is 2. The Kier molecular flexibility index (Phi) is 7.66. The van der Waals surface area contributed by atoms with Gasteiger partial charge in [0.05, 0.1) is 6.04 Å². The van der Waals surface area contributed by atoms with Gasteiger partial charge in [0.1, 0.15) is 12.1 Å². The van der Waals surface area contributed by atoms with E-state index in [-0.39, 0.29) is 28.3 Å². The molecule has 0 radical (unpaired) electrons. The minimum Gasteiger partial charge on any atom is -0.347 e. The van der Waals surface area contributed by atoms with Gasteiger partial charge in [-0.3, -0.25) is 9.59 Å². The zero-order valence-electron chi connectivity index (χ0n) is 20.2. The number of rotatable bonds is 6. The lowest BCUT2D eigenvalue weighted by Crippen LogP contribution is -2.50. The first-order chi connectivity index (χ1) is 15.8. The average molecular weight is 508 g/mol. The van der Waals surface area contributed by atoms with Crippen molar-refractivity contribution in [3.63, 3.8) is 0 Å². The molecule has 1 saturated heterocycles. The molecule has 1 aromatic rings. The Morgan fingerprint density at radius 2 is 2.00 bits per heavy atom. The molecule has 4 atom stereocenters. The van der Waals surface area contributed by atoms with Crippen LogP contribution in [-0.2, 0) is 15.0 Å². The Balaban J connectivity index is 2.24. The van der Waals surface area contributed by atoms with E-state index in [9.17, 15) is 14.0 Å². The van der Waals surface area contributed by atoms with Crippen molar-refractivity contribution in [2.24, 2.45) is 11.3 Å². The van der Waals surface area contributed by atoms with Crippen LogP contribution in [-0.4, -0.2) is 49.6 Å². The van der Waals surface area contributed by atoms with Crippen LogP contribution in [0.15, 0.2) is 53.6 Å². The fourth-order valence-corrected chi connectivity index (χ4v) is 5.41. The molecule has 2 N–H and O–H groups in total. The van der Waals surface area contributed by atoms with Crippen LogP contribution in [0.2, 0.25) is 5.02 Å². The van der Waals surface area contributed by atoms with Crippen LogP contribution in [0.1, 0.15) is 32.8 Å². The molecule has 34 heavy (non-hydrogen) atoms. The van der Waals surface area contributed by atoms with E-state index in [1.54, 1.807) is 38.4 Å². The summed E-state index contributed by atoms with van der Waals surface area (Å²) >= 11 is 12.0. The predicted molar refractivity (Wildman–Crippen MR) is 137 cm³/mol. The highest BCUT2D eigenvalue weighted by molar-refractivity contribution is 6.31. The number of anilines is 1. The van der Waals surface area contributed by atoms with Gasteiger partial charge in [-0.2, -0.15) is 0 Å². The van der Waals surface area contributed by atoms with E-state index in [2.05, 4.69) is 38.0 Å². The lowest BCUT2D eigenvalue weighted by Gasteiger charge is -2.38. The molecule has 0 saturated carbocycles. The lowest BCUT2D eigenvalue weighted by molar-refractivity contribution is -0.131. The van der Waals surface area contributed by atoms with Gasteiger partial charge in [0.25, 0.3) is 0 Å². The molecule has 1 aromatic carbocycles. The molecule has 1 spiro atoms. The van der Waals surface area contributed by atoms with Crippen LogP contribution in [0.25, 0.3) is 0 Å². The van der Waals surface area contributed by atoms with Crippen LogP contribution < -0.4 is 10.6 Å². The summed E-state index contributed by atoms with van der Waals surface area (Å²) in [5.74, 6) is -0.939. The molecule has 0 unspecified atom stereocenters. The van der Waals surface area contributed by atoms with Crippen molar-refractivity contribution < 1.29 is 14.0 Å². The number of amides is 2. The first-order valence-corrected chi connectivity index (χ1v) is 11.9. The van der Waals surface area contributed by atoms with Crippen molar-refractivity contribution in [2.75, 3.05) is 26.1 Å². The molecule has 2 aliphatic heterocycles. The van der Waals surface area contributed by atoms with Gasteiger partial charge < -0.3 is 15.5 Å². The number of nitrogens with one attached hydrogen (secondary N) is 2. The van der Waals surface area contributed by atoms with Crippen LogP contribution in [0.5, 0.6) is 0 Å². The summed E-state index contributed by atoms with van der Waals surface area (Å²) in [5.41, 5.74) is 0.781. The summed E-state index contributed by atoms with van der Waals surface area (Å²) in [6, 6.07) is 4.32. The lowest BCUT2D eigenvalue weighted by atomic mass is 9.62. The molecule has 184 valence electrons. The van der Waals surface area contributed by atoms with Gasteiger partial charge >= 0.3 is 0 Å². The van der Waals surface area contributed by atoms with Crippen molar-refractivity contribution in [1.82, 2.24) is 10.2 Å². The molecule has 1 fully saturated rings. The van der Waals surface area contributed by atoms with Gasteiger partial charge in [-0.25, -0.2) is 4.39 Å². The molecule has 8 heteroatoms. The summed E-state index contributed by atoms with van der Waals surface area (Å²) in [7, 11) is 3.38. The van der Waals surface area contributed by atoms with E-state index in [4.69, 9.17) is 23.2 Å². The Hall–Kier alpha value is -2.15. The quantitative estimate of drug-likeness (QED) is 0.519. The van der Waals surface area contributed by atoms with Gasteiger partial charge in [0.2, 0.25) is 11.8 Å². The molecule has 0 aromatic heterocycles. The van der Waals surface area contributed by atoms with Crippen LogP contribution in [0.4, 0.5) is 10.1 Å². The molecule has 2 amide bonds. The van der Waals surface area contributed by atoms with Gasteiger partial charge in [0.15, 0.2) is 0 Å². The standard InChI is InChI=1S/C26H32Cl2FN3O2/c1-15(8-7-9-17(28)14-29)21-22(23(33)32(5)6)31-20(13-25(2,3)4)26(21)18-11-10-16(27)12-19(18)30-24(26)34/h7-12,20-22,31H,1,13-14H2,2-6H3,(H,30,34)/b8-7-,17-9+/t20-,21+,22-,26+/m1/s1. The minimum absolute atomic E-state index is 0.0495. The van der Waals surface area contributed by atoms with E-state index in [1.807, 2.05) is 6.07 Å². The van der Waals surface area contributed by atoms with E-state index in [1.165, 1.54) is 11.0 Å². The molecular formula is C26H32Cl2FN3O2. The second kappa shape index (κ2) is 9.84. The summed E-state index contributed by atoms with van der Waals surface area (Å²) in [5, 5.41) is 7.08. The van der Waals surface area contributed by atoms with Crippen molar-refractivity contribution in [1.29, 1.82) is 0 Å². The molecule has 0 aliphatic carbocycles. The number of likely N-dealkylation sites (N-methyl/N-ethyl adjacent to an activating group) is 1. The Morgan fingerprint density at radius 1 is 1.32 bits per heavy atom. The van der Waals surface area contributed by atoms with Crippen LogP contribution in [0, 0.1) is 11.3 Å². The molecule has 2 aliphatic rings. The third kappa shape index (κ3) is 4.81. The molecule has 2 heterocycles. The highest BCUT2D eigenvalue weighted by Crippen LogP contribution is 2.55. The fraction of sp³-hybridized carbons (Fsp3) is 0.462.